The van der Waals surface area contributed by atoms with Gasteiger partial charge in [-0.1, -0.05) is 15.9 Å². The van der Waals surface area contributed by atoms with E-state index in [1.54, 1.807) is 6.20 Å². The predicted molar refractivity (Wildman–Crippen MR) is 79.3 cm³/mol. The molecule has 0 saturated heterocycles. The summed E-state index contributed by atoms with van der Waals surface area (Å²) in [7, 11) is 0. The molecule has 1 aromatic heterocycles. The fourth-order valence-corrected chi connectivity index (χ4v) is 2.19. The van der Waals surface area contributed by atoms with Crippen molar-refractivity contribution in [3.05, 3.63) is 37.8 Å². The van der Waals surface area contributed by atoms with Crippen LogP contribution in [-0.2, 0) is 0 Å². The van der Waals surface area contributed by atoms with E-state index in [9.17, 15) is 0 Å². The lowest BCUT2D eigenvalue weighted by Gasteiger charge is -2.09. The molecule has 0 aliphatic heterocycles. The molecule has 0 aliphatic carbocycles. The van der Waals surface area contributed by atoms with E-state index in [-0.39, 0.29) is 5.95 Å². The molecule has 0 amide bonds. The number of nitrogens with zero attached hydrogens (tertiary/aromatic N) is 2. The zero-order valence-electron chi connectivity index (χ0n) is 8.42. The molecule has 7 heteroatoms. The van der Waals surface area contributed by atoms with Crippen LogP contribution < -0.4 is 11.1 Å². The number of hydrogen-bond acceptors (Lipinski definition) is 4. The number of nitrogens with two attached hydrogens (primary N) is 1. The van der Waals surface area contributed by atoms with Gasteiger partial charge in [0.05, 0.1) is 10.2 Å². The topological polar surface area (TPSA) is 63.8 Å². The van der Waals surface area contributed by atoms with Gasteiger partial charge in [-0.15, -0.1) is 0 Å². The summed E-state index contributed by atoms with van der Waals surface area (Å²) in [5.74, 6) is 0.845. The van der Waals surface area contributed by atoms with Crippen LogP contribution in [0.4, 0.5) is 17.5 Å². The Morgan fingerprint density at radius 3 is 2.65 bits per heavy atom. The number of aromatic nitrogens is 2. The summed E-state index contributed by atoms with van der Waals surface area (Å²) in [6.45, 7) is 0. The van der Waals surface area contributed by atoms with Gasteiger partial charge in [-0.3, -0.25) is 0 Å². The summed E-state index contributed by atoms with van der Waals surface area (Å²) in [6.07, 6.45) is 1.61. The van der Waals surface area contributed by atoms with Crippen molar-refractivity contribution >= 4 is 65.2 Å². The van der Waals surface area contributed by atoms with Crippen LogP contribution in [-0.4, -0.2) is 9.97 Å². The zero-order chi connectivity index (χ0) is 12.4. The van der Waals surface area contributed by atoms with Gasteiger partial charge in [0.25, 0.3) is 0 Å². The molecular formula is C10H7Br3N4. The summed E-state index contributed by atoms with van der Waals surface area (Å²) in [5, 5.41) is 3.17. The lowest BCUT2D eigenvalue weighted by Crippen LogP contribution is -2.00. The van der Waals surface area contributed by atoms with Crippen molar-refractivity contribution in [1.82, 2.24) is 9.97 Å². The van der Waals surface area contributed by atoms with E-state index in [0.717, 1.165) is 19.1 Å². The van der Waals surface area contributed by atoms with Crippen molar-refractivity contribution in [2.24, 2.45) is 0 Å². The van der Waals surface area contributed by atoms with E-state index in [1.165, 1.54) is 0 Å². The molecule has 0 saturated carbocycles. The van der Waals surface area contributed by atoms with Crippen LogP contribution in [0.5, 0.6) is 0 Å². The van der Waals surface area contributed by atoms with E-state index in [4.69, 9.17) is 5.73 Å². The summed E-state index contributed by atoms with van der Waals surface area (Å²) in [5.41, 5.74) is 6.43. The second-order valence-electron chi connectivity index (χ2n) is 3.17. The molecule has 0 aliphatic rings. The van der Waals surface area contributed by atoms with E-state index >= 15 is 0 Å². The lowest BCUT2D eigenvalue weighted by molar-refractivity contribution is 1.17. The molecule has 88 valence electrons. The predicted octanol–water partition coefficient (Wildman–Crippen LogP) is 4.09. The third-order valence-corrected chi connectivity index (χ3v) is 3.71. The molecule has 3 N–H and O–H groups in total. The molecule has 0 atom stereocenters. The molecule has 17 heavy (non-hydrogen) atoms. The van der Waals surface area contributed by atoms with Gasteiger partial charge in [-0.05, 0) is 50.1 Å². The van der Waals surface area contributed by atoms with Crippen LogP contribution in [0, 0.1) is 0 Å². The first-order chi connectivity index (χ1) is 8.06. The maximum absolute atomic E-state index is 5.55. The van der Waals surface area contributed by atoms with Gasteiger partial charge in [0.15, 0.2) is 0 Å². The Labute approximate surface area is 123 Å². The third-order valence-electron chi connectivity index (χ3n) is 1.94. The Morgan fingerprint density at radius 2 is 1.88 bits per heavy atom. The highest BCUT2D eigenvalue weighted by atomic mass is 79.9. The Balaban J connectivity index is 2.37. The lowest BCUT2D eigenvalue weighted by atomic mass is 10.3. The largest absolute Gasteiger partial charge is 0.368 e. The molecule has 2 rings (SSSR count). The second-order valence-corrected chi connectivity index (χ2v) is 5.80. The van der Waals surface area contributed by atoms with Crippen molar-refractivity contribution in [1.29, 1.82) is 0 Å². The number of halogens is 3. The molecular weight excluding hydrogens is 416 g/mol. The molecule has 4 nitrogen and oxygen atoms in total. The summed E-state index contributed by atoms with van der Waals surface area (Å²) in [6, 6.07) is 5.82. The number of nitrogens with one attached hydrogen (secondary N) is 1. The minimum atomic E-state index is 0.224. The third kappa shape index (κ3) is 3.17. The van der Waals surface area contributed by atoms with Crippen molar-refractivity contribution in [3.8, 4) is 0 Å². The highest BCUT2D eigenvalue weighted by Gasteiger charge is 2.06. The average Bonchev–Trinajstić information content (AvgIpc) is 2.28. The summed E-state index contributed by atoms with van der Waals surface area (Å²) in [4.78, 5) is 7.99. The molecule has 0 radical (unpaired) electrons. The summed E-state index contributed by atoms with van der Waals surface area (Å²) >= 11 is 10.2. The van der Waals surface area contributed by atoms with Crippen LogP contribution in [0.15, 0.2) is 37.8 Å². The smallest absolute Gasteiger partial charge is 0.222 e. The molecule has 0 unspecified atom stereocenters. The number of anilines is 3. The Hall–Kier alpha value is -0.660. The maximum Gasteiger partial charge on any atom is 0.222 e. The first-order valence-corrected chi connectivity index (χ1v) is 6.94. The second kappa shape index (κ2) is 5.32. The molecule has 2 aromatic rings. The quantitative estimate of drug-likeness (QED) is 0.765. The average molecular weight is 423 g/mol. The normalized spacial score (nSPS) is 10.3. The van der Waals surface area contributed by atoms with E-state index in [1.807, 2.05) is 18.2 Å². The van der Waals surface area contributed by atoms with Gasteiger partial charge in [-0.25, -0.2) is 4.98 Å². The Bertz CT molecular complexity index is 510. The number of hydrogen-bond donors (Lipinski definition) is 2. The Morgan fingerprint density at radius 1 is 1.12 bits per heavy atom. The fourth-order valence-electron chi connectivity index (χ4n) is 1.19. The van der Waals surface area contributed by atoms with Crippen LogP contribution in [0.3, 0.4) is 0 Å². The first kappa shape index (κ1) is 12.8. The van der Waals surface area contributed by atoms with Crippen molar-refractivity contribution in [2.45, 2.75) is 0 Å². The fraction of sp³-hybridized carbons (Fsp3) is 0. The van der Waals surface area contributed by atoms with Gasteiger partial charge in [0.1, 0.15) is 5.82 Å². The van der Waals surface area contributed by atoms with E-state index in [2.05, 4.69) is 63.1 Å². The van der Waals surface area contributed by atoms with Gasteiger partial charge in [-0.2, -0.15) is 4.98 Å². The van der Waals surface area contributed by atoms with Crippen molar-refractivity contribution in [2.75, 3.05) is 11.1 Å². The summed E-state index contributed by atoms with van der Waals surface area (Å²) < 4.78 is 2.66. The highest BCUT2D eigenvalue weighted by molar-refractivity contribution is 9.11. The van der Waals surface area contributed by atoms with E-state index in [0.29, 0.717) is 5.82 Å². The number of nitrogen functional groups attached to an aromatic ring is 1. The first-order valence-electron chi connectivity index (χ1n) is 4.56. The van der Waals surface area contributed by atoms with Crippen molar-refractivity contribution < 1.29 is 0 Å². The minimum absolute atomic E-state index is 0.224. The zero-order valence-corrected chi connectivity index (χ0v) is 13.2. The highest BCUT2D eigenvalue weighted by Crippen LogP contribution is 2.30. The van der Waals surface area contributed by atoms with Gasteiger partial charge in [0, 0.05) is 15.1 Å². The molecule has 1 heterocycles. The van der Waals surface area contributed by atoms with Crippen LogP contribution >= 0.6 is 47.8 Å². The monoisotopic (exact) mass is 420 g/mol. The van der Waals surface area contributed by atoms with Gasteiger partial charge in [0.2, 0.25) is 5.95 Å². The molecule has 0 fully saturated rings. The van der Waals surface area contributed by atoms with Crippen molar-refractivity contribution in [3.63, 3.8) is 0 Å². The molecule has 0 bridgehead atoms. The number of rotatable bonds is 2. The molecule has 1 aromatic carbocycles. The number of benzene rings is 1. The minimum Gasteiger partial charge on any atom is -0.368 e. The van der Waals surface area contributed by atoms with Gasteiger partial charge < -0.3 is 11.1 Å². The van der Waals surface area contributed by atoms with Crippen LogP contribution in [0.2, 0.25) is 0 Å². The maximum atomic E-state index is 5.55. The van der Waals surface area contributed by atoms with Crippen LogP contribution in [0.1, 0.15) is 0 Å². The van der Waals surface area contributed by atoms with Crippen LogP contribution in [0.25, 0.3) is 0 Å². The standard InChI is InChI=1S/C10H7Br3N4/c11-5-1-2-6(12)8(3-5)16-9-7(13)4-15-10(14)17-9/h1-4H,(H3,14,15,16,17). The van der Waals surface area contributed by atoms with E-state index < -0.39 is 0 Å². The Kier molecular flexibility index (Phi) is 4.01. The SMILES string of the molecule is Nc1ncc(Br)c(Nc2cc(Br)ccc2Br)n1. The molecule has 0 spiro atoms. The van der Waals surface area contributed by atoms with Gasteiger partial charge >= 0.3 is 0 Å².